The maximum absolute atomic E-state index is 11.6. The number of amides is 2. The van der Waals surface area contributed by atoms with Gasteiger partial charge in [-0.3, -0.25) is 9.59 Å². The van der Waals surface area contributed by atoms with Gasteiger partial charge in [0.25, 0.3) is 5.91 Å². The molecule has 1 fully saturated rings. The molecule has 1 saturated carbocycles. The van der Waals surface area contributed by atoms with Gasteiger partial charge in [0.2, 0.25) is 11.6 Å². The number of nitrogens with zero attached hydrogens (tertiary/aromatic N) is 2. The third-order valence-electron chi connectivity index (χ3n) is 3.23. The van der Waals surface area contributed by atoms with Crippen LogP contribution in [0.25, 0.3) is 0 Å². The number of oxime groups is 1. The van der Waals surface area contributed by atoms with E-state index in [4.69, 9.17) is 5.26 Å². The molecule has 2 N–H and O–H groups in total. The van der Waals surface area contributed by atoms with Gasteiger partial charge in [0.05, 0.1) is 6.54 Å². The Morgan fingerprint density at radius 1 is 1.30 bits per heavy atom. The minimum atomic E-state index is -0.720. The van der Waals surface area contributed by atoms with Crippen molar-refractivity contribution >= 4 is 17.5 Å². The van der Waals surface area contributed by atoms with Gasteiger partial charge in [-0.05, 0) is 18.8 Å². The van der Waals surface area contributed by atoms with E-state index >= 15 is 0 Å². The van der Waals surface area contributed by atoms with Gasteiger partial charge in [0.1, 0.15) is 13.2 Å². The second kappa shape index (κ2) is 8.91. The van der Waals surface area contributed by atoms with Gasteiger partial charge in [0, 0.05) is 6.54 Å². The number of carbonyl (C=O) groups excluding carboxylic acids is 2. The van der Waals surface area contributed by atoms with Crippen LogP contribution in [-0.2, 0) is 14.4 Å². The molecule has 0 atom stereocenters. The third kappa shape index (κ3) is 5.69. The van der Waals surface area contributed by atoms with E-state index in [2.05, 4.69) is 20.6 Å². The Balaban J connectivity index is 2.24. The quantitative estimate of drug-likeness (QED) is 0.540. The summed E-state index contributed by atoms with van der Waals surface area (Å²) in [4.78, 5) is 27.4. The highest BCUT2D eigenvalue weighted by molar-refractivity contribution is 6.45. The van der Waals surface area contributed by atoms with Gasteiger partial charge in [-0.25, -0.2) is 0 Å². The predicted octanol–water partition coefficient (Wildman–Crippen LogP) is 0.325. The molecule has 0 spiro atoms. The first-order valence-corrected chi connectivity index (χ1v) is 6.73. The van der Waals surface area contributed by atoms with Crippen LogP contribution in [0.5, 0.6) is 0 Å². The number of nitriles is 1. The predicted molar refractivity (Wildman–Crippen MR) is 72.7 cm³/mol. The maximum Gasteiger partial charge on any atom is 0.284 e. The van der Waals surface area contributed by atoms with E-state index in [1.165, 1.54) is 26.4 Å². The summed E-state index contributed by atoms with van der Waals surface area (Å²) < 4.78 is 0. The Hall–Kier alpha value is -2.10. The lowest BCUT2D eigenvalue weighted by atomic mass is 9.89. The van der Waals surface area contributed by atoms with Gasteiger partial charge in [-0.2, -0.15) is 5.26 Å². The highest BCUT2D eigenvalue weighted by atomic mass is 16.6. The molecule has 1 aliphatic carbocycles. The third-order valence-corrected chi connectivity index (χ3v) is 3.23. The van der Waals surface area contributed by atoms with Crippen molar-refractivity contribution in [2.24, 2.45) is 11.1 Å². The fourth-order valence-electron chi connectivity index (χ4n) is 2.16. The lowest BCUT2D eigenvalue weighted by molar-refractivity contribution is -0.123. The largest absolute Gasteiger partial charge is 0.398 e. The average Bonchev–Trinajstić information content (AvgIpc) is 2.49. The summed E-state index contributed by atoms with van der Waals surface area (Å²) in [5.41, 5.74) is -0.410. The molecule has 0 heterocycles. The molecule has 0 aromatic heterocycles. The van der Waals surface area contributed by atoms with E-state index in [-0.39, 0.29) is 12.5 Å². The monoisotopic (exact) mass is 280 g/mol. The molecule has 7 nitrogen and oxygen atoms in total. The first-order chi connectivity index (χ1) is 9.67. The first kappa shape index (κ1) is 16.0. The summed E-state index contributed by atoms with van der Waals surface area (Å²) in [7, 11) is 1.24. The SMILES string of the molecule is CO/N=C(\C#N)C(=O)NCC(=O)NCC1CCCCC1. The molecule has 7 heteroatoms. The van der Waals surface area contributed by atoms with Crippen molar-refractivity contribution in [2.45, 2.75) is 32.1 Å². The van der Waals surface area contributed by atoms with E-state index in [0.717, 1.165) is 12.8 Å². The zero-order valence-corrected chi connectivity index (χ0v) is 11.6. The zero-order valence-electron chi connectivity index (χ0n) is 11.6. The maximum atomic E-state index is 11.6. The lowest BCUT2D eigenvalue weighted by Gasteiger charge is -2.21. The first-order valence-electron chi connectivity index (χ1n) is 6.73. The van der Waals surface area contributed by atoms with E-state index in [1.807, 2.05) is 0 Å². The Labute approximate surface area is 118 Å². The number of nitrogens with one attached hydrogen (secondary N) is 2. The van der Waals surface area contributed by atoms with Crippen LogP contribution < -0.4 is 10.6 Å². The highest BCUT2D eigenvalue weighted by Crippen LogP contribution is 2.22. The van der Waals surface area contributed by atoms with Crippen LogP contribution in [0.1, 0.15) is 32.1 Å². The van der Waals surface area contributed by atoms with Crippen LogP contribution in [0.4, 0.5) is 0 Å². The lowest BCUT2D eigenvalue weighted by Crippen LogP contribution is -2.41. The summed E-state index contributed by atoms with van der Waals surface area (Å²) in [5.74, 6) is -0.450. The van der Waals surface area contributed by atoms with E-state index in [1.54, 1.807) is 6.07 Å². The minimum Gasteiger partial charge on any atom is -0.398 e. The molecule has 2 amide bonds. The fourth-order valence-corrected chi connectivity index (χ4v) is 2.16. The average molecular weight is 280 g/mol. The van der Waals surface area contributed by atoms with E-state index < -0.39 is 11.6 Å². The summed E-state index contributed by atoms with van der Waals surface area (Å²) in [6.45, 7) is 0.474. The molecule has 0 saturated heterocycles. The highest BCUT2D eigenvalue weighted by Gasteiger charge is 2.16. The Morgan fingerprint density at radius 2 is 2.00 bits per heavy atom. The van der Waals surface area contributed by atoms with Crippen molar-refractivity contribution in [2.75, 3.05) is 20.2 Å². The van der Waals surface area contributed by atoms with Crippen LogP contribution in [0.3, 0.4) is 0 Å². The van der Waals surface area contributed by atoms with Gasteiger partial charge in [-0.15, -0.1) is 0 Å². The zero-order chi connectivity index (χ0) is 14.8. The molecule has 0 unspecified atom stereocenters. The van der Waals surface area contributed by atoms with E-state index in [9.17, 15) is 9.59 Å². The molecule has 0 radical (unpaired) electrons. The molecule has 0 bridgehead atoms. The molecule has 110 valence electrons. The van der Waals surface area contributed by atoms with Crippen molar-refractivity contribution in [3.8, 4) is 6.07 Å². The van der Waals surface area contributed by atoms with Gasteiger partial charge >= 0.3 is 0 Å². The van der Waals surface area contributed by atoms with Crippen LogP contribution in [0, 0.1) is 17.2 Å². The number of hydrogen-bond donors (Lipinski definition) is 2. The summed E-state index contributed by atoms with van der Waals surface area (Å²) in [5, 5.41) is 17.0. The van der Waals surface area contributed by atoms with Crippen LogP contribution in [0.15, 0.2) is 5.16 Å². The molecular weight excluding hydrogens is 260 g/mol. The molecule has 0 aromatic carbocycles. The topological polar surface area (TPSA) is 104 Å². The Bertz CT molecular complexity index is 408. The van der Waals surface area contributed by atoms with Crippen molar-refractivity contribution in [3.63, 3.8) is 0 Å². The summed E-state index contributed by atoms with van der Waals surface area (Å²) in [6.07, 6.45) is 6.00. The molecule has 0 aliphatic heterocycles. The smallest absolute Gasteiger partial charge is 0.284 e. The molecular formula is C13H20N4O3. The van der Waals surface area contributed by atoms with Crippen LogP contribution in [-0.4, -0.2) is 37.7 Å². The Morgan fingerprint density at radius 3 is 2.60 bits per heavy atom. The van der Waals surface area contributed by atoms with Crippen molar-refractivity contribution in [1.29, 1.82) is 5.26 Å². The normalized spacial score (nSPS) is 16.1. The summed E-state index contributed by atoms with van der Waals surface area (Å²) >= 11 is 0. The number of hydrogen-bond acceptors (Lipinski definition) is 5. The summed E-state index contributed by atoms with van der Waals surface area (Å²) in [6, 6.07) is 1.59. The fraction of sp³-hybridized carbons (Fsp3) is 0.692. The number of rotatable bonds is 6. The number of carbonyl (C=O) groups is 2. The standard InChI is InChI=1S/C13H20N4O3/c1-20-17-11(7-14)13(19)16-9-12(18)15-8-10-5-3-2-4-6-10/h10H,2-6,8-9H2,1H3,(H,15,18)(H,16,19)/b17-11+. The second-order valence-electron chi connectivity index (χ2n) is 4.73. The molecule has 1 aliphatic rings. The van der Waals surface area contributed by atoms with Crippen LogP contribution in [0.2, 0.25) is 0 Å². The molecule has 20 heavy (non-hydrogen) atoms. The van der Waals surface area contributed by atoms with Crippen molar-refractivity contribution < 1.29 is 14.4 Å². The van der Waals surface area contributed by atoms with Gasteiger partial charge in [0.15, 0.2) is 0 Å². The van der Waals surface area contributed by atoms with Crippen molar-refractivity contribution in [3.05, 3.63) is 0 Å². The van der Waals surface area contributed by atoms with E-state index in [0.29, 0.717) is 12.5 Å². The molecule has 0 aromatic rings. The minimum absolute atomic E-state index is 0.171. The van der Waals surface area contributed by atoms with Gasteiger partial charge in [-0.1, -0.05) is 24.4 Å². The second-order valence-corrected chi connectivity index (χ2v) is 4.73. The Kier molecular flexibility index (Phi) is 7.11. The van der Waals surface area contributed by atoms with Crippen LogP contribution >= 0.6 is 0 Å². The van der Waals surface area contributed by atoms with Gasteiger partial charge < -0.3 is 15.5 Å². The van der Waals surface area contributed by atoms with Crippen molar-refractivity contribution in [1.82, 2.24) is 10.6 Å². The molecule has 1 rings (SSSR count).